The maximum absolute atomic E-state index is 11.6. The van der Waals surface area contributed by atoms with E-state index in [9.17, 15) is 4.79 Å². The highest BCUT2D eigenvalue weighted by Crippen LogP contribution is 2.38. The van der Waals surface area contributed by atoms with Gasteiger partial charge in [-0.05, 0) is 54.7 Å². The standard InChI is InChI=1S/C28H29NO4/c1-19-13-22-5-3-4-6-26(22)29(19)16-20-7-9-21(10-8-20)17-32-24-11-12-25-23(14-28(30)31-2)18-33-27(25)15-24/h4,6-13,15,23H,3,5,14,16-18H2,1-2H3. The van der Waals surface area contributed by atoms with Crippen LogP contribution in [-0.2, 0) is 29.1 Å². The summed E-state index contributed by atoms with van der Waals surface area (Å²) < 4.78 is 19.0. The largest absolute Gasteiger partial charge is 0.492 e. The van der Waals surface area contributed by atoms with E-state index in [1.165, 1.54) is 29.6 Å². The minimum atomic E-state index is -0.219. The van der Waals surface area contributed by atoms with Crippen molar-refractivity contribution in [3.05, 3.63) is 88.2 Å². The number of hydrogen-bond acceptors (Lipinski definition) is 4. The van der Waals surface area contributed by atoms with Crippen LogP contribution in [0.1, 0.15) is 52.4 Å². The van der Waals surface area contributed by atoms with Gasteiger partial charge in [0.05, 0.1) is 20.1 Å². The minimum Gasteiger partial charge on any atom is -0.492 e. The number of hydrogen-bond donors (Lipinski definition) is 0. The van der Waals surface area contributed by atoms with Crippen LogP contribution in [0.3, 0.4) is 0 Å². The van der Waals surface area contributed by atoms with E-state index < -0.39 is 0 Å². The van der Waals surface area contributed by atoms with Crippen molar-refractivity contribution in [1.29, 1.82) is 0 Å². The van der Waals surface area contributed by atoms with E-state index in [2.05, 4.69) is 54.0 Å². The molecule has 33 heavy (non-hydrogen) atoms. The second-order valence-electron chi connectivity index (χ2n) is 8.82. The fourth-order valence-electron chi connectivity index (χ4n) is 4.70. The maximum Gasteiger partial charge on any atom is 0.306 e. The summed E-state index contributed by atoms with van der Waals surface area (Å²) >= 11 is 0. The molecule has 5 rings (SSSR count). The van der Waals surface area contributed by atoms with Crippen LogP contribution in [0.5, 0.6) is 11.5 Å². The topological polar surface area (TPSA) is 49.7 Å². The lowest BCUT2D eigenvalue weighted by atomic mass is 9.98. The molecule has 5 nitrogen and oxygen atoms in total. The average molecular weight is 444 g/mol. The summed E-state index contributed by atoms with van der Waals surface area (Å²) in [7, 11) is 1.41. The first-order valence-electron chi connectivity index (χ1n) is 11.5. The molecule has 5 heteroatoms. The van der Waals surface area contributed by atoms with Crippen molar-refractivity contribution < 1.29 is 19.0 Å². The van der Waals surface area contributed by atoms with Crippen LogP contribution >= 0.6 is 0 Å². The molecule has 0 N–H and O–H groups in total. The number of rotatable bonds is 7. The van der Waals surface area contributed by atoms with Gasteiger partial charge in [-0.2, -0.15) is 0 Å². The van der Waals surface area contributed by atoms with Crippen LogP contribution in [0, 0.1) is 6.92 Å². The Morgan fingerprint density at radius 3 is 2.76 bits per heavy atom. The lowest BCUT2D eigenvalue weighted by molar-refractivity contribution is -0.141. The Bertz CT molecular complexity index is 1190. The second kappa shape index (κ2) is 9.18. The summed E-state index contributed by atoms with van der Waals surface area (Å²) in [6, 6.07) is 16.8. The highest BCUT2D eigenvalue weighted by molar-refractivity contribution is 5.71. The van der Waals surface area contributed by atoms with Crippen LogP contribution in [0.4, 0.5) is 0 Å². The van der Waals surface area contributed by atoms with Crippen molar-refractivity contribution in [2.24, 2.45) is 0 Å². The number of ether oxygens (including phenoxy) is 3. The number of aryl methyl sites for hydroxylation is 2. The third-order valence-electron chi connectivity index (χ3n) is 6.56. The van der Waals surface area contributed by atoms with Gasteiger partial charge in [-0.1, -0.05) is 36.4 Å². The molecule has 1 aliphatic heterocycles. The summed E-state index contributed by atoms with van der Waals surface area (Å²) in [4.78, 5) is 11.6. The summed E-state index contributed by atoms with van der Waals surface area (Å²) in [5, 5.41) is 0. The average Bonchev–Trinajstić information content (AvgIpc) is 3.38. The van der Waals surface area contributed by atoms with Crippen LogP contribution in [0.25, 0.3) is 6.08 Å². The molecule has 1 aliphatic carbocycles. The van der Waals surface area contributed by atoms with Crippen molar-refractivity contribution in [1.82, 2.24) is 4.57 Å². The molecule has 3 aromatic rings. The van der Waals surface area contributed by atoms with E-state index in [-0.39, 0.29) is 11.9 Å². The molecule has 1 unspecified atom stereocenters. The van der Waals surface area contributed by atoms with Crippen molar-refractivity contribution >= 4 is 12.0 Å². The first-order chi connectivity index (χ1) is 16.1. The van der Waals surface area contributed by atoms with Crippen LogP contribution in [-0.4, -0.2) is 24.3 Å². The smallest absolute Gasteiger partial charge is 0.306 e. The highest BCUT2D eigenvalue weighted by atomic mass is 16.5. The van der Waals surface area contributed by atoms with Gasteiger partial charge in [0.25, 0.3) is 0 Å². The first kappa shape index (κ1) is 21.4. The van der Waals surface area contributed by atoms with Crippen molar-refractivity contribution in [2.45, 2.75) is 45.3 Å². The van der Waals surface area contributed by atoms with Gasteiger partial charge < -0.3 is 18.8 Å². The molecule has 2 aromatic carbocycles. The van der Waals surface area contributed by atoms with Crippen molar-refractivity contribution in [3.8, 4) is 11.5 Å². The zero-order valence-electron chi connectivity index (χ0n) is 19.2. The molecular formula is C28H29NO4. The molecule has 2 heterocycles. The van der Waals surface area contributed by atoms with Gasteiger partial charge in [0.15, 0.2) is 0 Å². The molecule has 0 radical (unpaired) electrons. The number of carbonyl (C=O) groups excluding carboxylic acids is 1. The Morgan fingerprint density at radius 1 is 1.12 bits per heavy atom. The monoisotopic (exact) mass is 443 g/mol. The van der Waals surface area contributed by atoms with Crippen molar-refractivity contribution in [2.75, 3.05) is 13.7 Å². The number of carbonyl (C=O) groups is 1. The molecular weight excluding hydrogens is 414 g/mol. The number of aromatic nitrogens is 1. The lowest BCUT2D eigenvalue weighted by Crippen LogP contribution is -2.09. The van der Waals surface area contributed by atoms with Gasteiger partial charge in [0, 0.05) is 35.5 Å². The number of allylic oxidation sites excluding steroid dienone is 1. The van der Waals surface area contributed by atoms with Crippen LogP contribution < -0.4 is 9.47 Å². The fraction of sp³-hybridized carbons (Fsp3) is 0.321. The zero-order chi connectivity index (χ0) is 22.8. The molecule has 170 valence electrons. The fourth-order valence-corrected chi connectivity index (χ4v) is 4.70. The highest BCUT2D eigenvalue weighted by Gasteiger charge is 2.27. The first-order valence-corrected chi connectivity index (χ1v) is 11.5. The molecule has 1 aromatic heterocycles. The Labute approximate surface area is 194 Å². The summed E-state index contributed by atoms with van der Waals surface area (Å²) in [5.74, 6) is 1.37. The Morgan fingerprint density at radius 2 is 1.94 bits per heavy atom. The SMILES string of the molecule is COC(=O)CC1COc2cc(OCc3ccc(Cn4c(C)cc5c4C=CCC5)cc3)ccc21. The van der Waals surface area contributed by atoms with Gasteiger partial charge in [-0.3, -0.25) is 4.79 Å². The number of benzene rings is 2. The Balaban J connectivity index is 1.20. The number of nitrogens with zero attached hydrogens (tertiary/aromatic N) is 1. The number of fused-ring (bicyclic) bond motifs is 2. The van der Waals surface area contributed by atoms with Gasteiger partial charge in [-0.15, -0.1) is 0 Å². The van der Waals surface area contributed by atoms with E-state index in [0.717, 1.165) is 42.0 Å². The number of esters is 1. The van der Waals surface area contributed by atoms with E-state index >= 15 is 0 Å². The molecule has 2 aliphatic rings. The summed E-state index contributed by atoms with van der Waals surface area (Å²) in [6.07, 6.45) is 7.12. The predicted octanol–water partition coefficient (Wildman–Crippen LogP) is 5.42. The van der Waals surface area contributed by atoms with Gasteiger partial charge in [0.1, 0.15) is 18.1 Å². The molecule has 0 amide bonds. The molecule has 0 saturated carbocycles. The second-order valence-corrected chi connectivity index (χ2v) is 8.82. The molecule has 0 bridgehead atoms. The van der Waals surface area contributed by atoms with Crippen molar-refractivity contribution in [3.63, 3.8) is 0 Å². The lowest BCUT2D eigenvalue weighted by Gasteiger charge is -2.13. The van der Waals surface area contributed by atoms with E-state index in [1.54, 1.807) is 0 Å². The van der Waals surface area contributed by atoms with E-state index in [4.69, 9.17) is 14.2 Å². The van der Waals surface area contributed by atoms with Crippen LogP contribution in [0.2, 0.25) is 0 Å². The molecule has 0 fully saturated rings. The van der Waals surface area contributed by atoms with E-state index in [0.29, 0.717) is 19.6 Å². The molecule has 1 atom stereocenters. The maximum atomic E-state index is 11.6. The molecule has 0 spiro atoms. The quantitative estimate of drug-likeness (QED) is 0.458. The third kappa shape index (κ3) is 4.54. The Kier molecular flexibility index (Phi) is 5.95. The number of methoxy groups -OCH3 is 1. The van der Waals surface area contributed by atoms with Gasteiger partial charge in [-0.25, -0.2) is 0 Å². The zero-order valence-corrected chi connectivity index (χ0v) is 19.2. The van der Waals surface area contributed by atoms with Gasteiger partial charge in [0.2, 0.25) is 0 Å². The summed E-state index contributed by atoms with van der Waals surface area (Å²) in [5.41, 5.74) is 7.55. The third-order valence-corrected chi connectivity index (χ3v) is 6.56. The normalized spacial score (nSPS) is 16.1. The van der Waals surface area contributed by atoms with Gasteiger partial charge >= 0.3 is 5.97 Å². The predicted molar refractivity (Wildman–Crippen MR) is 128 cm³/mol. The van der Waals surface area contributed by atoms with E-state index in [1.807, 2.05) is 18.2 Å². The van der Waals surface area contributed by atoms with Crippen LogP contribution in [0.15, 0.2) is 54.6 Å². The molecule has 0 saturated heterocycles. The minimum absolute atomic E-state index is 0.0408. The summed E-state index contributed by atoms with van der Waals surface area (Å²) in [6.45, 7) is 4.05. The Hall–Kier alpha value is -3.47.